The van der Waals surface area contributed by atoms with E-state index >= 15 is 0 Å². The number of aromatic nitrogens is 4. The molecule has 0 aliphatic carbocycles. The zero-order chi connectivity index (χ0) is 20.1. The van der Waals surface area contributed by atoms with Gasteiger partial charge < -0.3 is 14.5 Å². The number of carbonyl (C=O) groups is 1. The fourth-order valence-corrected chi connectivity index (χ4v) is 3.29. The van der Waals surface area contributed by atoms with Gasteiger partial charge in [-0.05, 0) is 52.0 Å². The summed E-state index contributed by atoms with van der Waals surface area (Å²) in [4.78, 5) is 21.6. The van der Waals surface area contributed by atoms with Crippen LogP contribution in [0.2, 0.25) is 0 Å². The van der Waals surface area contributed by atoms with Crippen molar-refractivity contribution in [1.29, 1.82) is 0 Å². The fraction of sp³-hybridized carbons (Fsp3) is 0.286. The molecule has 0 bridgehead atoms. The van der Waals surface area contributed by atoms with Crippen molar-refractivity contribution in [1.82, 2.24) is 18.8 Å². The lowest BCUT2D eigenvalue weighted by molar-refractivity contribution is 0.0600. The normalized spacial score (nSPS) is 11.9. The first kappa shape index (κ1) is 18.0. The molecule has 4 aromatic rings. The van der Waals surface area contributed by atoms with Gasteiger partial charge in [0.05, 0.1) is 18.2 Å². The maximum absolute atomic E-state index is 12.0. The van der Waals surface area contributed by atoms with Crippen LogP contribution in [0.15, 0.2) is 42.7 Å². The van der Waals surface area contributed by atoms with Gasteiger partial charge in [-0.25, -0.2) is 14.8 Å². The van der Waals surface area contributed by atoms with E-state index in [-0.39, 0.29) is 11.5 Å². The van der Waals surface area contributed by atoms with Gasteiger partial charge in [0.25, 0.3) is 0 Å². The summed E-state index contributed by atoms with van der Waals surface area (Å²) in [6, 6.07) is 9.53. The molecular formula is C21H23N5O2. The van der Waals surface area contributed by atoms with Crippen LogP contribution in [0.1, 0.15) is 37.0 Å². The van der Waals surface area contributed by atoms with E-state index in [1.807, 2.05) is 46.2 Å². The Labute approximate surface area is 163 Å². The Morgan fingerprint density at radius 2 is 1.86 bits per heavy atom. The zero-order valence-corrected chi connectivity index (χ0v) is 16.6. The van der Waals surface area contributed by atoms with Gasteiger partial charge in [-0.1, -0.05) is 6.07 Å². The van der Waals surface area contributed by atoms with Crippen LogP contribution in [0.25, 0.3) is 22.6 Å². The Kier molecular flexibility index (Phi) is 4.10. The summed E-state index contributed by atoms with van der Waals surface area (Å²) < 4.78 is 8.80. The minimum absolute atomic E-state index is 0.212. The molecule has 0 saturated heterocycles. The van der Waals surface area contributed by atoms with E-state index < -0.39 is 0 Å². The summed E-state index contributed by atoms with van der Waals surface area (Å²) in [6.07, 6.45) is 3.74. The number of anilines is 1. The van der Waals surface area contributed by atoms with Gasteiger partial charge in [-0.3, -0.25) is 4.40 Å². The van der Waals surface area contributed by atoms with Crippen LogP contribution in [-0.4, -0.2) is 37.4 Å². The number of nitrogens with one attached hydrogen (secondary N) is 1. The second-order valence-corrected chi connectivity index (χ2v) is 7.79. The van der Waals surface area contributed by atoms with Crippen molar-refractivity contribution >= 4 is 23.0 Å². The maximum atomic E-state index is 12.0. The predicted octanol–water partition coefficient (Wildman–Crippen LogP) is 3.95. The average Bonchev–Trinajstić information content (AvgIpc) is 3.17. The third-order valence-electron chi connectivity index (χ3n) is 4.48. The number of ether oxygens (including phenoxy) is 1. The number of pyridine rings is 2. The molecule has 0 aromatic carbocycles. The van der Waals surface area contributed by atoms with Crippen molar-refractivity contribution in [3.63, 3.8) is 0 Å². The second-order valence-electron chi connectivity index (χ2n) is 7.79. The molecule has 0 saturated carbocycles. The monoisotopic (exact) mass is 377 g/mol. The second kappa shape index (κ2) is 6.37. The van der Waals surface area contributed by atoms with E-state index in [1.54, 1.807) is 12.3 Å². The van der Waals surface area contributed by atoms with Crippen molar-refractivity contribution < 1.29 is 9.53 Å². The molecule has 28 heavy (non-hydrogen) atoms. The first-order chi connectivity index (χ1) is 13.3. The number of aryl methyl sites for hydroxylation is 1. The summed E-state index contributed by atoms with van der Waals surface area (Å²) in [7, 11) is 1.38. The van der Waals surface area contributed by atoms with Crippen molar-refractivity contribution in [2.45, 2.75) is 33.2 Å². The average molecular weight is 377 g/mol. The molecule has 4 rings (SSSR count). The highest BCUT2D eigenvalue weighted by molar-refractivity contribution is 5.90. The molecular weight excluding hydrogens is 354 g/mol. The van der Waals surface area contributed by atoms with Gasteiger partial charge >= 0.3 is 5.97 Å². The Morgan fingerprint density at radius 3 is 2.57 bits per heavy atom. The van der Waals surface area contributed by atoms with Gasteiger partial charge in [-0.2, -0.15) is 0 Å². The summed E-state index contributed by atoms with van der Waals surface area (Å²) in [6.45, 7) is 8.21. The van der Waals surface area contributed by atoms with Gasteiger partial charge in [0.2, 0.25) is 0 Å². The highest BCUT2D eigenvalue weighted by Crippen LogP contribution is 2.33. The number of hydrogen-bond donors (Lipinski definition) is 1. The van der Waals surface area contributed by atoms with Crippen molar-refractivity contribution in [2.24, 2.45) is 0 Å². The Bertz CT molecular complexity index is 1200. The topological polar surface area (TPSA) is 72.9 Å². The number of rotatable bonds is 3. The predicted molar refractivity (Wildman–Crippen MR) is 109 cm³/mol. The molecule has 144 valence electrons. The lowest BCUT2D eigenvalue weighted by atomic mass is 10.1. The Hall–Kier alpha value is -3.35. The van der Waals surface area contributed by atoms with E-state index in [0.717, 1.165) is 34.2 Å². The molecule has 0 unspecified atom stereocenters. The molecule has 4 aromatic heterocycles. The first-order valence-electron chi connectivity index (χ1n) is 9.11. The highest BCUT2D eigenvalue weighted by atomic mass is 16.5. The molecule has 7 heteroatoms. The van der Waals surface area contributed by atoms with Crippen LogP contribution in [0.5, 0.6) is 0 Å². The molecule has 4 heterocycles. The minimum atomic E-state index is -0.387. The molecule has 0 aliphatic rings. The molecule has 0 radical (unpaired) electrons. The lowest BCUT2D eigenvalue weighted by Crippen LogP contribution is -2.27. The van der Waals surface area contributed by atoms with Crippen molar-refractivity contribution in [2.75, 3.05) is 12.4 Å². The van der Waals surface area contributed by atoms with Crippen LogP contribution in [0.3, 0.4) is 0 Å². The molecule has 0 atom stereocenters. The number of fused-ring (bicyclic) bond motifs is 2. The minimum Gasteiger partial charge on any atom is -0.465 e. The van der Waals surface area contributed by atoms with Gasteiger partial charge in [0.15, 0.2) is 0 Å². The largest absolute Gasteiger partial charge is 0.465 e. The molecule has 0 fully saturated rings. The van der Waals surface area contributed by atoms with Gasteiger partial charge in [-0.15, -0.1) is 0 Å². The van der Waals surface area contributed by atoms with Crippen molar-refractivity contribution in [3.8, 4) is 11.4 Å². The van der Waals surface area contributed by atoms with E-state index in [1.165, 1.54) is 7.11 Å². The fourth-order valence-electron chi connectivity index (χ4n) is 3.29. The smallest absolute Gasteiger partial charge is 0.339 e. The third kappa shape index (κ3) is 2.98. The number of imidazole rings is 2. The van der Waals surface area contributed by atoms with Gasteiger partial charge in [0.1, 0.15) is 28.7 Å². The number of esters is 1. The number of hydrogen-bond acceptors (Lipinski definition) is 5. The standard InChI is InChI=1S/C21H23N5O2/c1-13-22-17(15-8-6-7-11-25(13)15)18-19(24-21(2,3)4)26-12-14(20(27)28-5)9-10-16(26)23-18/h6-12,24H,1-5H3. The summed E-state index contributed by atoms with van der Waals surface area (Å²) in [5, 5.41) is 3.53. The van der Waals surface area contributed by atoms with Crippen LogP contribution >= 0.6 is 0 Å². The summed E-state index contributed by atoms with van der Waals surface area (Å²) >= 11 is 0. The SMILES string of the molecule is COC(=O)c1ccc2nc(-c3nc(C)n4ccccc34)c(NC(C)(C)C)n2c1. The van der Waals surface area contributed by atoms with E-state index in [9.17, 15) is 4.79 Å². The third-order valence-corrected chi connectivity index (χ3v) is 4.48. The number of carbonyl (C=O) groups excluding carboxylic acids is 1. The van der Waals surface area contributed by atoms with Crippen LogP contribution in [0, 0.1) is 6.92 Å². The quantitative estimate of drug-likeness (QED) is 0.547. The van der Waals surface area contributed by atoms with Crippen molar-refractivity contribution in [3.05, 3.63) is 54.1 Å². The maximum Gasteiger partial charge on any atom is 0.339 e. The Morgan fingerprint density at radius 1 is 1.07 bits per heavy atom. The van der Waals surface area contributed by atoms with Gasteiger partial charge in [0, 0.05) is 17.9 Å². The molecule has 7 nitrogen and oxygen atoms in total. The lowest BCUT2D eigenvalue weighted by Gasteiger charge is -2.22. The number of methoxy groups -OCH3 is 1. The van der Waals surface area contributed by atoms with E-state index in [4.69, 9.17) is 14.7 Å². The summed E-state index contributed by atoms with van der Waals surface area (Å²) in [5.41, 5.74) is 3.50. The van der Waals surface area contributed by atoms with Crippen LogP contribution in [0.4, 0.5) is 5.82 Å². The zero-order valence-electron chi connectivity index (χ0n) is 16.6. The molecule has 1 N–H and O–H groups in total. The van der Waals surface area contributed by atoms with Crippen LogP contribution < -0.4 is 5.32 Å². The molecule has 0 amide bonds. The number of nitrogens with zero attached hydrogens (tertiary/aromatic N) is 4. The first-order valence-corrected chi connectivity index (χ1v) is 9.11. The van der Waals surface area contributed by atoms with E-state index in [0.29, 0.717) is 5.56 Å². The Balaban J connectivity index is 2.01. The molecule has 0 aliphatic heterocycles. The highest BCUT2D eigenvalue weighted by Gasteiger charge is 2.23. The molecule has 0 spiro atoms. The van der Waals surface area contributed by atoms with Crippen LogP contribution in [-0.2, 0) is 4.74 Å². The van der Waals surface area contributed by atoms with E-state index in [2.05, 4.69) is 26.1 Å². The summed E-state index contributed by atoms with van der Waals surface area (Å²) in [5.74, 6) is 1.29.